The van der Waals surface area contributed by atoms with Crippen LogP contribution in [0.3, 0.4) is 0 Å². The minimum absolute atomic E-state index is 0.178. The highest BCUT2D eigenvalue weighted by Gasteiger charge is 2.31. The van der Waals surface area contributed by atoms with Crippen molar-refractivity contribution in [2.45, 2.75) is 17.2 Å². The lowest BCUT2D eigenvalue weighted by Gasteiger charge is -2.20. The van der Waals surface area contributed by atoms with Gasteiger partial charge in [-0.05, 0) is 41.8 Å². The molecule has 0 aliphatic carbocycles. The van der Waals surface area contributed by atoms with Crippen molar-refractivity contribution in [3.05, 3.63) is 59.4 Å². The van der Waals surface area contributed by atoms with E-state index >= 15 is 0 Å². The molecule has 0 radical (unpaired) electrons. The first-order valence-electron chi connectivity index (χ1n) is 6.48. The summed E-state index contributed by atoms with van der Waals surface area (Å²) in [4.78, 5) is 0.178. The Morgan fingerprint density at radius 3 is 2.76 bits per heavy atom. The summed E-state index contributed by atoms with van der Waals surface area (Å²) in [7, 11) is -3.69. The Kier molecular flexibility index (Phi) is 3.63. The van der Waals surface area contributed by atoms with E-state index in [1.165, 1.54) is 22.5 Å². The van der Waals surface area contributed by atoms with Crippen LogP contribution in [0.5, 0.6) is 0 Å². The lowest BCUT2D eigenvalue weighted by atomic mass is 10.2. The fourth-order valence-electron chi connectivity index (χ4n) is 2.49. The average molecular weight is 326 g/mol. The van der Waals surface area contributed by atoms with E-state index in [0.29, 0.717) is 18.7 Å². The molecule has 0 saturated carbocycles. The van der Waals surface area contributed by atoms with E-state index in [4.69, 9.17) is 11.6 Å². The van der Waals surface area contributed by atoms with Gasteiger partial charge in [-0.1, -0.05) is 18.2 Å². The average Bonchev–Trinajstić information content (AvgIpc) is 2.91. The van der Waals surface area contributed by atoms with Crippen molar-refractivity contribution in [3.63, 3.8) is 0 Å². The molecule has 1 aliphatic heterocycles. The first-order chi connectivity index (χ1) is 10.0. The van der Waals surface area contributed by atoms with E-state index in [-0.39, 0.29) is 10.8 Å². The predicted molar refractivity (Wildman–Crippen MR) is 80.6 cm³/mol. The number of halogens is 2. The highest BCUT2D eigenvalue weighted by molar-refractivity contribution is 7.92. The largest absolute Gasteiger partial charge is 0.266 e. The van der Waals surface area contributed by atoms with Crippen molar-refractivity contribution < 1.29 is 12.8 Å². The molecule has 1 heterocycles. The molecule has 21 heavy (non-hydrogen) atoms. The topological polar surface area (TPSA) is 37.4 Å². The number of sulfonamides is 1. The molecular formula is C15H13ClFNO2S. The zero-order valence-electron chi connectivity index (χ0n) is 11.1. The van der Waals surface area contributed by atoms with E-state index in [0.717, 1.165) is 11.1 Å². The fraction of sp³-hybridized carbons (Fsp3) is 0.200. The second-order valence-electron chi connectivity index (χ2n) is 4.88. The van der Waals surface area contributed by atoms with Gasteiger partial charge in [0.2, 0.25) is 0 Å². The maximum Gasteiger partial charge on any atom is 0.264 e. The number of alkyl halides is 1. The Morgan fingerprint density at radius 1 is 1.19 bits per heavy atom. The maximum atomic E-state index is 13.4. The number of rotatable bonds is 3. The third-order valence-electron chi connectivity index (χ3n) is 3.54. The predicted octanol–water partition coefficient (Wildman–Crippen LogP) is 3.32. The molecule has 1 aliphatic rings. The number of hydrogen-bond acceptors (Lipinski definition) is 2. The SMILES string of the molecule is O=S(=O)(c1cccc(CCl)c1)N1CCc2ccc(F)cc21. The number of hydrogen-bond donors (Lipinski definition) is 0. The third-order valence-corrected chi connectivity index (χ3v) is 5.66. The molecular weight excluding hydrogens is 313 g/mol. The number of anilines is 1. The second kappa shape index (κ2) is 5.31. The summed E-state index contributed by atoms with van der Waals surface area (Å²) < 4.78 is 40.1. The summed E-state index contributed by atoms with van der Waals surface area (Å²) in [5.74, 6) is -0.195. The molecule has 0 N–H and O–H groups in total. The Bertz CT molecular complexity index is 792. The Morgan fingerprint density at radius 2 is 2.00 bits per heavy atom. The fourth-order valence-corrected chi connectivity index (χ4v) is 4.22. The van der Waals surface area contributed by atoms with Crippen LogP contribution >= 0.6 is 11.6 Å². The van der Waals surface area contributed by atoms with Crippen LogP contribution in [0.4, 0.5) is 10.1 Å². The van der Waals surface area contributed by atoms with Crippen molar-refractivity contribution in [2.24, 2.45) is 0 Å². The van der Waals surface area contributed by atoms with E-state index in [9.17, 15) is 12.8 Å². The van der Waals surface area contributed by atoms with Gasteiger partial charge in [0.25, 0.3) is 10.0 Å². The molecule has 0 unspecified atom stereocenters. The molecule has 0 amide bonds. The highest BCUT2D eigenvalue weighted by atomic mass is 35.5. The molecule has 0 spiro atoms. The molecule has 2 aromatic carbocycles. The lowest BCUT2D eigenvalue weighted by molar-refractivity contribution is 0.592. The van der Waals surface area contributed by atoms with E-state index in [2.05, 4.69) is 0 Å². The zero-order valence-corrected chi connectivity index (χ0v) is 12.7. The monoisotopic (exact) mass is 325 g/mol. The van der Waals surface area contributed by atoms with Gasteiger partial charge in [-0.2, -0.15) is 0 Å². The van der Waals surface area contributed by atoms with Crippen molar-refractivity contribution in [3.8, 4) is 0 Å². The smallest absolute Gasteiger partial charge is 0.264 e. The summed E-state index contributed by atoms with van der Waals surface area (Å²) in [6, 6.07) is 10.8. The minimum atomic E-state index is -3.69. The van der Waals surface area contributed by atoms with E-state index in [1.807, 2.05) is 0 Å². The Labute approximate surface area is 128 Å². The van der Waals surface area contributed by atoms with Gasteiger partial charge in [0, 0.05) is 12.4 Å². The van der Waals surface area contributed by atoms with Crippen LogP contribution < -0.4 is 4.31 Å². The third kappa shape index (κ3) is 2.51. The van der Waals surface area contributed by atoms with E-state index < -0.39 is 15.8 Å². The van der Waals surface area contributed by atoms with Crippen LogP contribution in [0.15, 0.2) is 47.4 Å². The van der Waals surface area contributed by atoms with Crippen LogP contribution in [0.25, 0.3) is 0 Å². The van der Waals surface area contributed by atoms with Crippen LogP contribution in [0, 0.1) is 5.82 Å². The Balaban J connectivity index is 2.06. The standard InChI is InChI=1S/C15H13ClFNO2S/c16-10-11-2-1-3-14(8-11)21(19,20)18-7-6-12-4-5-13(17)9-15(12)18/h1-5,8-9H,6-7,10H2. The van der Waals surface area contributed by atoms with Gasteiger partial charge in [-0.3, -0.25) is 4.31 Å². The van der Waals surface area contributed by atoms with Gasteiger partial charge in [0.15, 0.2) is 0 Å². The van der Waals surface area contributed by atoms with Gasteiger partial charge < -0.3 is 0 Å². The molecule has 0 aromatic heterocycles. The minimum Gasteiger partial charge on any atom is -0.266 e. The summed E-state index contributed by atoms with van der Waals surface area (Å²) in [5, 5.41) is 0. The van der Waals surface area contributed by atoms with Crippen LogP contribution in [-0.4, -0.2) is 15.0 Å². The summed E-state index contributed by atoms with van der Waals surface area (Å²) >= 11 is 5.75. The molecule has 3 nitrogen and oxygen atoms in total. The molecule has 0 bridgehead atoms. The van der Waals surface area contributed by atoms with Crippen molar-refractivity contribution in [2.75, 3.05) is 10.8 Å². The molecule has 0 atom stereocenters. The summed E-state index contributed by atoms with van der Waals surface area (Å²) in [6.07, 6.45) is 0.587. The van der Waals surface area contributed by atoms with Gasteiger partial charge >= 0.3 is 0 Å². The van der Waals surface area contributed by atoms with Crippen LogP contribution in [-0.2, 0) is 22.3 Å². The van der Waals surface area contributed by atoms with Crippen LogP contribution in [0.1, 0.15) is 11.1 Å². The van der Waals surface area contributed by atoms with Crippen LogP contribution in [0.2, 0.25) is 0 Å². The molecule has 6 heteroatoms. The quantitative estimate of drug-likeness (QED) is 0.812. The van der Waals surface area contributed by atoms with Gasteiger partial charge in [0.05, 0.1) is 10.6 Å². The highest BCUT2D eigenvalue weighted by Crippen LogP contribution is 2.33. The molecule has 0 fully saturated rings. The summed E-state index contributed by atoms with van der Waals surface area (Å²) in [6.45, 7) is 0.326. The number of nitrogens with zero attached hydrogens (tertiary/aromatic N) is 1. The number of benzene rings is 2. The first-order valence-corrected chi connectivity index (χ1v) is 8.46. The molecule has 2 aromatic rings. The van der Waals surface area contributed by atoms with Gasteiger partial charge in [0.1, 0.15) is 5.82 Å². The summed E-state index contributed by atoms with van der Waals surface area (Å²) in [5.41, 5.74) is 2.00. The van der Waals surface area contributed by atoms with E-state index in [1.54, 1.807) is 24.3 Å². The van der Waals surface area contributed by atoms with Gasteiger partial charge in [-0.15, -0.1) is 11.6 Å². The second-order valence-corrected chi connectivity index (χ2v) is 7.01. The molecule has 3 rings (SSSR count). The lowest BCUT2D eigenvalue weighted by Crippen LogP contribution is -2.29. The molecule has 0 saturated heterocycles. The number of fused-ring (bicyclic) bond motifs is 1. The normalized spacial score (nSPS) is 14.3. The van der Waals surface area contributed by atoms with Crippen molar-refractivity contribution in [1.82, 2.24) is 0 Å². The maximum absolute atomic E-state index is 13.4. The first kappa shape index (κ1) is 14.4. The Hall–Kier alpha value is -1.59. The van der Waals surface area contributed by atoms with Crippen molar-refractivity contribution >= 4 is 27.3 Å². The van der Waals surface area contributed by atoms with Crippen molar-refractivity contribution in [1.29, 1.82) is 0 Å². The van der Waals surface area contributed by atoms with Gasteiger partial charge in [-0.25, -0.2) is 12.8 Å². The zero-order chi connectivity index (χ0) is 15.0. The molecule has 110 valence electrons.